The molecular weight excluding hydrogens is 356 g/mol. The zero-order valence-corrected chi connectivity index (χ0v) is 17.0. The van der Waals surface area contributed by atoms with E-state index < -0.39 is 0 Å². The lowest BCUT2D eigenvalue weighted by atomic mass is 10.1. The van der Waals surface area contributed by atoms with Crippen molar-refractivity contribution < 1.29 is 4.79 Å². The summed E-state index contributed by atoms with van der Waals surface area (Å²) in [5, 5.41) is 9.16. The molecule has 0 saturated heterocycles. The minimum atomic E-state index is -0.212. The van der Waals surface area contributed by atoms with Crippen molar-refractivity contribution in [2.75, 3.05) is 0 Å². The fourth-order valence-electron chi connectivity index (χ4n) is 3.60. The Morgan fingerprint density at radius 3 is 2.52 bits per heavy atom. The van der Waals surface area contributed by atoms with Gasteiger partial charge in [-0.05, 0) is 58.7 Å². The third-order valence-electron chi connectivity index (χ3n) is 5.11. The summed E-state index contributed by atoms with van der Waals surface area (Å²) in [6.45, 7) is 8.00. The molecule has 27 heavy (non-hydrogen) atoms. The van der Waals surface area contributed by atoms with Gasteiger partial charge in [-0.15, -0.1) is 10.2 Å². The molecule has 2 heterocycles. The van der Waals surface area contributed by atoms with E-state index >= 15 is 0 Å². The number of carbonyl (C=O) groups excluding carboxylic acids is 1. The topological polar surface area (TPSA) is 52.7 Å². The molecule has 0 amide bonds. The highest BCUT2D eigenvalue weighted by Crippen LogP contribution is 2.39. The number of para-hydroxylation sites is 1. The number of nitrogens with zero attached hydrogens (tertiary/aromatic N) is 4. The lowest BCUT2D eigenvalue weighted by Gasteiger charge is -2.12. The van der Waals surface area contributed by atoms with Crippen LogP contribution in [0.5, 0.6) is 0 Å². The maximum Gasteiger partial charge on any atom is 0.192 e. The Labute approximate surface area is 163 Å². The van der Waals surface area contributed by atoms with Crippen LogP contribution < -0.4 is 0 Å². The van der Waals surface area contributed by atoms with E-state index in [2.05, 4.69) is 31.5 Å². The Morgan fingerprint density at radius 2 is 1.85 bits per heavy atom. The molecule has 3 aromatic rings. The van der Waals surface area contributed by atoms with Gasteiger partial charge in [0.1, 0.15) is 5.82 Å². The van der Waals surface area contributed by atoms with Crippen LogP contribution in [0.4, 0.5) is 0 Å². The summed E-state index contributed by atoms with van der Waals surface area (Å²) in [5.41, 5.74) is 3.91. The van der Waals surface area contributed by atoms with Crippen molar-refractivity contribution in [3.63, 3.8) is 0 Å². The summed E-state index contributed by atoms with van der Waals surface area (Å²) >= 11 is 1.51. The standard InChI is InChI=1S/C21H24N4OS/c1-13-12-19(14(2)24(13)17-8-6-5-7-9-17)20(26)15(3)27-21-23-22-16(4)25(21)18-10-11-18/h5-9,12,15,18H,10-11H2,1-4H3/t15-/m1/s1. The number of aryl methyl sites for hydroxylation is 2. The number of benzene rings is 1. The first-order valence-electron chi connectivity index (χ1n) is 9.34. The van der Waals surface area contributed by atoms with E-state index in [1.165, 1.54) is 24.6 Å². The summed E-state index contributed by atoms with van der Waals surface area (Å²) < 4.78 is 4.32. The van der Waals surface area contributed by atoms with Crippen molar-refractivity contribution in [3.05, 3.63) is 59.2 Å². The highest BCUT2D eigenvalue weighted by Gasteiger charge is 2.30. The maximum absolute atomic E-state index is 13.2. The summed E-state index contributed by atoms with van der Waals surface area (Å²) in [7, 11) is 0. The minimum absolute atomic E-state index is 0.137. The van der Waals surface area contributed by atoms with Gasteiger partial charge in [-0.2, -0.15) is 0 Å². The van der Waals surface area contributed by atoms with E-state index in [1.807, 2.05) is 52.0 Å². The van der Waals surface area contributed by atoms with Gasteiger partial charge < -0.3 is 9.13 Å². The third kappa shape index (κ3) is 3.34. The zero-order valence-electron chi connectivity index (χ0n) is 16.1. The number of hydrogen-bond acceptors (Lipinski definition) is 4. The van der Waals surface area contributed by atoms with E-state index in [0.29, 0.717) is 6.04 Å². The lowest BCUT2D eigenvalue weighted by Crippen LogP contribution is -2.15. The molecule has 140 valence electrons. The van der Waals surface area contributed by atoms with Crippen LogP contribution in [0.15, 0.2) is 41.6 Å². The van der Waals surface area contributed by atoms with Crippen LogP contribution in [0.25, 0.3) is 5.69 Å². The van der Waals surface area contributed by atoms with E-state index in [1.54, 1.807) is 0 Å². The third-order valence-corrected chi connectivity index (χ3v) is 6.17. The van der Waals surface area contributed by atoms with Crippen molar-refractivity contribution >= 4 is 17.5 Å². The molecule has 0 unspecified atom stereocenters. The molecule has 0 N–H and O–H groups in total. The van der Waals surface area contributed by atoms with Gasteiger partial charge in [0, 0.05) is 28.7 Å². The number of hydrogen-bond donors (Lipinski definition) is 0. The maximum atomic E-state index is 13.2. The first-order valence-corrected chi connectivity index (χ1v) is 10.2. The van der Waals surface area contributed by atoms with Crippen molar-refractivity contribution in [1.29, 1.82) is 0 Å². The molecule has 5 nitrogen and oxygen atoms in total. The largest absolute Gasteiger partial charge is 0.318 e. The van der Waals surface area contributed by atoms with E-state index in [-0.39, 0.29) is 11.0 Å². The number of rotatable bonds is 6. The van der Waals surface area contributed by atoms with Crippen molar-refractivity contribution in [2.45, 2.75) is 57.0 Å². The average molecular weight is 381 g/mol. The van der Waals surface area contributed by atoms with Gasteiger partial charge >= 0.3 is 0 Å². The average Bonchev–Trinajstić information content (AvgIpc) is 3.36. The molecule has 0 bridgehead atoms. The molecule has 1 aliphatic rings. The molecule has 1 fully saturated rings. The zero-order chi connectivity index (χ0) is 19.1. The highest BCUT2D eigenvalue weighted by molar-refractivity contribution is 8.00. The molecule has 1 aromatic carbocycles. The van der Waals surface area contributed by atoms with Crippen LogP contribution in [0.3, 0.4) is 0 Å². The van der Waals surface area contributed by atoms with Gasteiger partial charge in [-0.1, -0.05) is 30.0 Å². The number of ketones is 1. The molecule has 0 spiro atoms. The number of thioether (sulfide) groups is 1. The van der Waals surface area contributed by atoms with Gasteiger partial charge in [0.25, 0.3) is 0 Å². The predicted octanol–water partition coefficient (Wildman–Crippen LogP) is 4.69. The number of carbonyl (C=O) groups is 1. The molecule has 6 heteroatoms. The van der Waals surface area contributed by atoms with E-state index in [9.17, 15) is 4.79 Å². The van der Waals surface area contributed by atoms with Gasteiger partial charge in [0.05, 0.1) is 5.25 Å². The lowest BCUT2D eigenvalue weighted by molar-refractivity contribution is 0.0993. The van der Waals surface area contributed by atoms with E-state index in [4.69, 9.17) is 0 Å². The van der Waals surface area contributed by atoms with Gasteiger partial charge in [0.2, 0.25) is 0 Å². The van der Waals surface area contributed by atoms with Gasteiger partial charge in [0.15, 0.2) is 10.9 Å². The SMILES string of the molecule is Cc1cc(C(=O)[C@@H](C)Sc2nnc(C)n2C2CC2)c(C)n1-c1ccccc1. The monoisotopic (exact) mass is 380 g/mol. The fourth-order valence-corrected chi connectivity index (χ4v) is 4.63. The quantitative estimate of drug-likeness (QED) is 0.460. The Balaban J connectivity index is 1.60. The van der Waals surface area contributed by atoms with Crippen LogP contribution in [-0.4, -0.2) is 30.4 Å². The minimum Gasteiger partial charge on any atom is -0.318 e. The van der Waals surface area contributed by atoms with Gasteiger partial charge in [-0.25, -0.2) is 0 Å². The van der Waals surface area contributed by atoms with Crippen molar-refractivity contribution in [3.8, 4) is 5.69 Å². The predicted molar refractivity (Wildman–Crippen MR) is 108 cm³/mol. The van der Waals surface area contributed by atoms with Crippen molar-refractivity contribution in [1.82, 2.24) is 19.3 Å². The molecule has 4 rings (SSSR count). The number of aromatic nitrogens is 4. The second-order valence-electron chi connectivity index (χ2n) is 7.21. The van der Waals surface area contributed by atoms with Crippen LogP contribution in [0.1, 0.15) is 53.4 Å². The summed E-state index contributed by atoms with van der Waals surface area (Å²) in [6.07, 6.45) is 2.35. The molecule has 0 radical (unpaired) electrons. The Bertz CT molecular complexity index is 985. The van der Waals surface area contributed by atoms with E-state index in [0.717, 1.165) is 33.6 Å². The first kappa shape index (κ1) is 18.0. The number of Topliss-reactive ketones (excluding diaryl/α,β-unsaturated/α-hetero) is 1. The summed E-state index contributed by atoms with van der Waals surface area (Å²) in [6, 6.07) is 12.7. The Kier molecular flexibility index (Phi) is 4.68. The molecular formula is C21H24N4OS. The first-order chi connectivity index (χ1) is 13.0. The van der Waals surface area contributed by atoms with Gasteiger partial charge in [-0.3, -0.25) is 4.79 Å². The highest BCUT2D eigenvalue weighted by atomic mass is 32.2. The van der Waals surface area contributed by atoms with Crippen LogP contribution in [0, 0.1) is 20.8 Å². The normalized spacial score (nSPS) is 15.1. The Morgan fingerprint density at radius 1 is 1.15 bits per heavy atom. The fraction of sp³-hybridized carbons (Fsp3) is 0.381. The summed E-state index contributed by atoms with van der Waals surface area (Å²) in [5.74, 6) is 1.07. The smallest absolute Gasteiger partial charge is 0.192 e. The Hall–Kier alpha value is -2.34. The van der Waals surface area contributed by atoms with Crippen LogP contribution in [-0.2, 0) is 0 Å². The second-order valence-corrected chi connectivity index (χ2v) is 8.52. The van der Waals surface area contributed by atoms with Crippen LogP contribution in [0.2, 0.25) is 0 Å². The molecule has 1 aliphatic carbocycles. The molecule has 1 atom stereocenters. The molecule has 1 saturated carbocycles. The van der Waals surface area contributed by atoms with Crippen LogP contribution >= 0.6 is 11.8 Å². The van der Waals surface area contributed by atoms with Crippen molar-refractivity contribution in [2.24, 2.45) is 0 Å². The molecule has 2 aromatic heterocycles. The summed E-state index contributed by atoms with van der Waals surface area (Å²) in [4.78, 5) is 13.2. The second kappa shape index (κ2) is 7.00. The molecule has 0 aliphatic heterocycles.